The summed E-state index contributed by atoms with van der Waals surface area (Å²) < 4.78 is 13.1. The van der Waals surface area contributed by atoms with Crippen molar-refractivity contribution in [2.45, 2.75) is 43.1 Å². The lowest BCUT2D eigenvalue weighted by atomic mass is 10.1. The van der Waals surface area contributed by atoms with Crippen molar-refractivity contribution in [2.24, 2.45) is 0 Å². The van der Waals surface area contributed by atoms with Crippen molar-refractivity contribution in [3.8, 4) is 11.5 Å². The molecule has 0 aliphatic heterocycles. The molecule has 146 valence electrons. The lowest BCUT2D eigenvalue weighted by Crippen LogP contribution is -2.06. The minimum atomic E-state index is 0.563. The predicted molar refractivity (Wildman–Crippen MR) is 111 cm³/mol. The molecule has 1 heterocycles. The Morgan fingerprint density at radius 2 is 1.75 bits per heavy atom. The summed E-state index contributed by atoms with van der Waals surface area (Å²) >= 11 is 1.73. The topological polar surface area (TPSA) is 49.2 Å². The van der Waals surface area contributed by atoms with Crippen molar-refractivity contribution in [1.82, 2.24) is 14.8 Å². The van der Waals surface area contributed by atoms with Gasteiger partial charge < -0.3 is 14.0 Å². The zero-order chi connectivity index (χ0) is 19.5. The van der Waals surface area contributed by atoms with E-state index in [-0.39, 0.29) is 0 Å². The fourth-order valence-corrected chi connectivity index (χ4v) is 4.29. The van der Waals surface area contributed by atoms with Gasteiger partial charge in [-0.3, -0.25) is 0 Å². The molecule has 0 amide bonds. The molecule has 4 rings (SSSR count). The standard InChI is InChI=1S/C22H25N3O2S/c1-15-11-19(26-2)20(27-3)12-18(15)14-28-22-24-23-21(17-9-10-17)25(22)13-16-7-5-4-6-8-16/h4-8,11-12,17H,9-10,13-14H2,1-3H3. The van der Waals surface area contributed by atoms with Crippen LogP contribution in [0.5, 0.6) is 11.5 Å². The first-order valence-electron chi connectivity index (χ1n) is 9.51. The number of aromatic nitrogens is 3. The Morgan fingerprint density at radius 1 is 1.04 bits per heavy atom. The monoisotopic (exact) mass is 395 g/mol. The Labute approximate surface area is 170 Å². The van der Waals surface area contributed by atoms with E-state index in [1.165, 1.54) is 29.5 Å². The van der Waals surface area contributed by atoms with Crippen LogP contribution in [0.2, 0.25) is 0 Å². The van der Waals surface area contributed by atoms with Crippen LogP contribution in [-0.2, 0) is 12.3 Å². The first-order valence-corrected chi connectivity index (χ1v) is 10.5. The quantitative estimate of drug-likeness (QED) is 0.512. The summed E-state index contributed by atoms with van der Waals surface area (Å²) in [6.07, 6.45) is 2.43. The molecule has 0 bridgehead atoms. The third kappa shape index (κ3) is 4.02. The van der Waals surface area contributed by atoms with Gasteiger partial charge in [0.1, 0.15) is 5.82 Å². The second-order valence-corrected chi connectivity index (χ2v) is 8.05. The Kier molecular flexibility index (Phi) is 5.57. The van der Waals surface area contributed by atoms with Gasteiger partial charge in [0.25, 0.3) is 0 Å². The van der Waals surface area contributed by atoms with Crippen molar-refractivity contribution in [1.29, 1.82) is 0 Å². The van der Waals surface area contributed by atoms with E-state index in [0.717, 1.165) is 34.8 Å². The summed E-state index contributed by atoms with van der Waals surface area (Å²) in [6, 6.07) is 14.6. The highest BCUT2D eigenvalue weighted by Gasteiger charge is 2.30. The van der Waals surface area contributed by atoms with Crippen LogP contribution >= 0.6 is 11.8 Å². The minimum Gasteiger partial charge on any atom is -0.493 e. The lowest BCUT2D eigenvalue weighted by molar-refractivity contribution is 0.354. The third-order valence-corrected chi connectivity index (χ3v) is 6.09. The number of benzene rings is 2. The van der Waals surface area contributed by atoms with Gasteiger partial charge in [0.05, 0.1) is 20.8 Å². The fraction of sp³-hybridized carbons (Fsp3) is 0.364. The highest BCUT2D eigenvalue weighted by molar-refractivity contribution is 7.98. The second-order valence-electron chi connectivity index (χ2n) is 7.11. The molecule has 3 aromatic rings. The van der Waals surface area contributed by atoms with E-state index in [0.29, 0.717) is 5.92 Å². The molecule has 0 N–H and O–H groups in total. The molecule has 0 spiro atoms. The zero-order valence-corrected chi connectivity index (χ0v) is 17.3. The summed E-state index contributed by atoms with van der Waals surface area (Å²) in [6.45, 7) is 2.91. The van der Waals surface area contributed by atoms with Crippen molar-refractivity contribution in [3.05, 3.63) is 65.0 Å². The van der Waals surface area contributed by atoms with E-state index < -0.39 is 0 Å². The average Bonchev–Trinajstić information content (AvgIpc) is 3.49. The Hall–Kier alpha value is -2.47. The molecule has 1 aromatic heterocycles. The highest BCUT2D eigenvalue weighted by atomic mass is 32.2. The molecule has 0 atom stereocenters. The van der Waals surface area contributed by atoms with Gasteiger partial charge in [-0.25, -0.2) is 0 Å². The van der Waals surface area contributed by atoms with E-state index in [1.807, 2.05) is 12.1 Å². The molecule has 0 unspecified atom stereocenters. The number of hydrogen-bond acceptors (Lipinski definition) is 5. The maximum atomic E-state index is 5.46. The molecule has 2 aromatic carbocycles. The van der Waals surface area contributed by atoms with E-state index in [2.05, 4.69) is 52.0 Å². The Bertz CT molecular complexity index is 952. The van der Waals surface area contributed by atoms with Gasteiger partial charge in [-0.2, -0.15) is 0 Å². The number of thioether (sulfide) groups is 1. The smallest absolute Gasteiger partial charge is 0.191 e. The first kappa shape index (κ1) is 18.9. The molecule has 1 saturated carbocycles. The molecule has 1 aliphatic carbocycles. The molecule has 5 nitrogen and oxygen atoms in total. The average molecular weight is 396 g/mol. The van der Waals surface area contributed by atoms with Crippen LogP contribution in [0.1, 0.15) is 41.3 Å². The summed E-state index contributed by atoms with van der Waals surface area (Å²) in [5.74, 6) is 4.01. The molecule has 6 heteroatoms. The number of ether oxygens (including phenoxy) is 2. The number of aryl methyl sites for hydroxylation is 1. The van der Waals surface area contributed by atoms with Crippen LogP contribution in [0, 0.1) is 6.92 Å². The van der Waals surface area contributed by atoms with Crippen LogP contribution in [-0.4, -0.2) is 29.0 Å². The Morgan fingerprint density at radius 3 is 2.43 bits per heavy atom. The zero-order valence-electron chi connectivity index (χ0n) is 16.5. The van der Waals surface area contributed by atoms with E-state index in [1.54, 1.807) is 26.0 Å². The molecular weight excluding hydrogens is 370 g/mol. The molecule has 1 aliphatic rings. The van der Waals surface area contributed by atoms with Crippen LogP contribution in [0.3, 0.4) is 0 Å². The van der Waals surface area contributed by atoms with E-state index in [9.17, 15) is 0 Å². The van der Waals surface area contributed by atoms with Crippen LogP contribution in [0.15, 0.2) is 47.6 Å². The van der Waals surface area contributed by atoms with Crippen molar-refractivity contribution < 1.29 is 9.47 Å². The van der Waals surface area contributed by atoms with Gasteiger partial charge in [0.2, 0.25) is 0 Å². The van der Waals surface area contributed by atoms with Crippen LogP contribution in [0.25, 0.3) is 0 Å². The highest BCUT2D eigenvalue weighted by Crippen LogP contribution is 2.41. The molecule has 0 radical (unpaired) electrons. The minimum absolute atomic E-state index is 0.563. The predicted octanol–water partition coefficient (Wildman–Crippen LogP) is 4.82. The van der Waals surface area contributed by atoms with Gasteiger partial charge >= 0.3 is 0 Å². The summed E-state index contributed by atoms with van der Waals surface area (Å²) in [4.78, 5) is 0. The van der Waals surface area contributed by atoms with Gasteiger partial charge in [0, 0.05) is 11.7 Å². The second kappa shape index (κ2) is 8.27. The number of rotatable bonds is 8. The van der Waals surface area contributed by atoms with E-state index >= 15 is 0 Å². The summed E-state index contributed by atoms with van der Waals surface area (Å²) in [5, 5.41) is 10.0. The molecule has 0 saturated heterocycles. The normalized spacial score (nSPS) is 13.5. The van der Waals surface area contributed by atoms with Gasteiger partial charge in [-0.05, 0) is 48.6 Å². The largest absolute Gasteiger partial charge is 0.493 e. The number of nitrogens with zero attached hydrogens (tertiary/aromatic N) is 3. The molecule has 28 heavy (non-hydrogen) atoms. The fourth-order valence-electron chi connectivity index (χ4n) is 3.29. The van der Waals surface area contributed by atoms with E-state index in [4.69, 9.17) is 9.47 Å². The number of hydrogen-bond donors (Lipinski definition) is 0. The van der Waals surface area contributed by atoms with Gasteiger partial charge in [-0.1, -0.05) is 42.1 Å². The molecule has 1 fully saturated rings. The number of methoxy groups -OCH3 is 2. The molecular formula is C22H25N3O2S. The van der Waals surface area contributed by atoms with Crippen molar-refractivity contribution in [2.75, 3.05) is 14.2 Å². The van der Waals surface area contributed by atoms with Crippen LogP contribution < -0.4 is 9.47 Å². The Balaban J connectivity index is 1.57. The van der Waals surface area contributed by atoms with Crippen molar-refractivity contribution >= 4 is 11.8 Å². The van der Waals surface area contributed by atoms with Gasteiger partial charge in [0.15, 0.2) is 16.7 Å². The summed E-state index contributed by atoms with van der Waals surface area (Å²) in [7, 11) is 3.33. The van der Waals surface area contributed by atoms with Crippen molar-refractivity contribution in [3.63, 3.8) is 0 Å². The maximum absolute atomic E-state index is 5.46. The maximum Gasteiger partial charge on any atom is 0.191 e. The van der Waals surface area contributed by atoms with Gasteiger partial charge in [-0.15, -0.1) is 10.2 Å². The third-order valence-electron chi connectivity index (χ3n) is 5.07. The van der Waals surface area contributed by atoms with Crippen LogP contribution in [0.4, 0.5) is 0 Å². The lowest BCUT2D eigenvalue weighted by Gasteiger charge is -2.13. The summed E-state index contributed by atoms with van der Waals surface area (Å²) in [5.41, 5.74) is 3.67. The SMILES string of the molecule is COc1cc(C)c(CSc2nnc(C3CC3)n2Cc2ccccc2)cc1OC. The first-order chi connectivity index (χ1) is 13.7.